The number of esters is 1. The zero-order valence-electron chi connectivity index (χ0n) is 31.5. The lowest BCUT2D eigenvalue weighted by Crippen LogP contribution is -2.60. The number of carboxylic acid groups (broad SMARTS) is 1. The van der Waals surface area contributed by atoms with Gasteiger partial charge in [0.25, 0.3) is 0 Å². The van der Waals surface area contributed by atoms with E-state index in [1.807, 2.05) is 0 Å². The molecule has 0 aromatic rings. The van der Waals surface area contributed by atoms with E-state index in [9.17, 15) is 30.0 Å². The second-order valence-electron chi connectivity index (χ2n) is 19.2. The van der Waals surface area contributed by atoms with Crippen molar-refractivity contribution in [2.75, 3.05) is 26.3 Å². The summed E-state index contributed by atoms with van der Waals surface area (Å²) in [5.74, 6) is -0.240. The minimum absolute atomic E-state index is 0.0220. The van der Waals surface area contributed by atoms with Gasteiger partial charge < -0.3 is 39.4 Å². The molecule has 284 valence electrons. The number of carbonyl (C=O) groups is 2. The van der Waals surface area contributed by atoms with Crippen LogP contribution in [0.1, 0.15) is 107 Å². The molecule has 0 amide bonds. The van der Waals surface area contributed by atoms with E-state index in [1.54, 1.807) is 18.7 Å². The summed E-state index contributed by atoms with van der Waals surface area (Å²) in [6.45, 7) is 17.1. The van der Waals surface area contributed by atoms with Gasteiger partial charge in [0.15, 0.2) is 12.4 Å². The molecule has 0 radical (unpaired) electrons. The lowest BCUT2D eigenvalue weighted by atomic mass is 9.41. The normalized spacial score (nSPS) is 49.3. The van der Waals surface area contributed by atoms with Crippen LogP contribution in [0.3, 0.4) is 0 Å². The zero-order chi connectivity index (χ0) is 36.4. The minimum Gasteiger partial charge on any atom is -0.480 e. The van der Waals surface area contributed by atoms with Crippen molar-refractivity contribution in [2.45, 2.75) is 155 Å². The Bertz CT molecular complexity index is 1350. The Labute approximate surface area is 297 Å². The third-order valence-electron chi connectivity index (χ3n) is 16.4. The Hall–Kier alpha value is -1.34. The lowest BCUT2D eigenvalue weighted by Gasteiger charge is -2.64. The first-order chi connectivity index (χ1) is 23.3. The van der Waals surface area contributed by atoms with Crippen LogP contribution >= 0.6 is 0 Å². The second-order valence-corrected chi connectivity index (χ2v) is 19.2. The number of fused-ring (bicyclic) bond motifs is 4. The lowest BCUT2D eigenvalue weighted by molar-refractivity contribution is -0.251. The van der Waals surface area contributed by atoms with Crippen molar-refractivity contribution in [3.05, 3.63) is 0 Å². The number of hydrogen-bond donors (Lipinski definition) is 4. The maximum Gasteiger partial charge on any atom is 0.323 e. The van der Waals surface area contributed by atoms with Gasteiger partial charge in [0, 0.05) is 18.9 Å². The van der Waals surface area contributed by atoms with Gasteiger partial charge in [-0.05, 0) is 111 Å². The number of nitrogens with zero attached hydrogens (tertiary/aromatic N) is 1. The Morgan fingerprint density at radius 3 is 2.36 bits per heavy atom. The zero-order valence-corrected chi connectivity index (χ0v) is 31.5. The average Bonchev–Trinajstić information content (AvgIpc) is 3.65. The molecule has 2 spiro atoms. The summed E-state index contributed by atoms with van der Waals surface area (Å²) in [6.07, 6.45) is 5.26. The van der Waals surface area contributed by atoms with Crippen LogP contribution in [0, 0.1) is 50.7 Å². The Balaban J connectivity index is 1.11. The van der Waals surface area contributed by atoms with Crippen LogP contribution in [0.15, 0.2) is 0 Å². The molecule has 0 aromatic heterocycles. The van der Waals surface area contributed by atoms with Crippen LogP contribution in [-0.2, 0) is 28.5 Å². The summed E-state index contributed by atoms with van der Waals surface area (Å²) in [7, 11) is 0. The molecule has 11 nitrogen and oxygen atoms in total. The minimum atomic E-state index is -1.28. The molecule has 7 rings (SSSR count). The standard InChI is InChI=1S/C39H63NO10/c1-21-17-24(32(35(5,6)46)48-22(2)42)49-30-29(21)36(7)13-14-39-20-38(39)12-11-27(50-28-18-40(15-16-47-28)23(19-41)33(44)45)34(3,4)25(38)9-10-26(39)37(36,8)31(30)43/h21,23-32,41,43,46H,9-20H2,1-8H3,(H,44,45). The summed E-state index contributed by atoms with van der Waals surface area (Å²) in [4.78, 5) is 25.6. The molecule has 7 aliphatic rings. The average molecular weight is 706 g/mol. The van der Waals surface area contributed by atoms with E-state index in [2.05, 4.69) is 34.6 Å². The van der Waals surface area contributed by atoms with Gasteiger partial charge in [-0.2, -0.15) is 0 Å². The number of rotatable bonds is 8. The topological polar surface area (TPSA) is 155 Å². The number of aliphatic hydroxyl groups is 3. The molecule has 5 saturated carbocycles. The molecule has 2 saturated heterocycles. The number of hydrogen-bond acceptors (Lipinski definition) is 10. The quantitative estimate of drug-likeness (QED) is 0.271. The van der Waals surface area contributed by atoms with Gasteiger partial charge >= 0.3 is 11.9 Å². The first-order valence-electron chi connectivity index (χ1n) is 19.4. The van der Waals surface area contributed by atoms with Crippen molar-refractivity contribution in [2.24, 2.45) is 50.7 Å². The van der Waals surface area contributed by atoms with Crippen LogP contribution in [0.4, 0.5) is 0 Å². The summed E-state index contributed by atoms with van der Waals surface area (Å²) in [5, 5.41) is 42.9. The van der Waals surface area contributed by atoms with E-state index >= 15 is 0 Å². The number of ether oxygens (including phenoxy) is 4. The molecule has 2 aliphatic heterocycles. The number of carbonyl (C=O) groups excluding carboxylic acids is 1. The van der Waals surface area contributed by atoms with Crippen molar-refractivity contribution in [1.29, 1.82) is 0 Å². The fourth-order valence-corrected chi connectivity index (χ4v) is 14.1. The van der Waals surface area contributed by atoms with E-state index in [4.69, 9.17) is 18.9 Å². The van der Waals surface area contributed by atoms with E-state index < -0.39 is 54.8 Å². The molecule has 11 heteroatoms. The predicted octanol–water partition coefficient (Wildman–Crippen LogP) is 3.99. The van der Waals surface area contributed by atoms with E-state index in [1.165, 1.54) is 13.3 Å². The first-order valence-corrected chi connectivity index (χ1v) is 19.4. The number of aliphatic carboxylic acids is 1. The monoisotopic (exact) mass is 705 g/mol. The smallest absolute Gasteiger partial charge is 0.323 e. The van der Waals surface area contributed by atoms with Crippen LogP contribution in [0.2, 0.25) is 0 Å². The molecular weight excluding hydrogens is 642 g/mol. The van der Waals surface area contributed by atoms with Crippen molar-refractivity contribution in [3.8, 4) is 0 Å². The van der Waals surface area contributed by atoms with Crippen molar-refractivity contribution < 1.29 is 49.0 Å². The molecule has 2 heterocycles. The third kappa shape index (κ3) is 5.06. The highest BCUT2D eigenvalue weighted by molar-refractivity contribution is 5.73. The maximum absolute atomic E-state index is 12.6. The first kappa shape index (κ1) is 37.0. The molecule has 50 heavy (non-hydrogen) atoms. The van der Waals surface area contributed by atoms with Crippen molar-refractivity contribution >= 4 is 11.9 Å². The van der Waals surface area contributed by atoms with Crippen molar-refractivity contribution in [1.82, 2.24) is 4.90 Å². The van der Waals surface area contributed by atoms with E-state index in [0.29, 0.717) is 38.0 Å². The van der Waals surface area contributed by atoms with Crippen LogP contribution in [-0.4, -0.2) is 112 Å². The fourth-order valence-electron chi connectivity index (χ4n) is 14.1. The Morgan fingerprint density at radius 2 is 1.72 bits per heavy atom. The van der Waals surface area contributed by atoms with E-state index in [0.717, 1.165) is 38.5 Å². The highest BCUT2D eigenvalue weighted by Gasteiger charge is 2.84. The van der Waals surface area contributed by atoms with Crippen LogP contribution < -0.4 is 0 Å². The molecule has 0 aromatic carbocycles. The highest BCUT2D eigenvalue weighted by Crippen LogP contribution is 2.89. The molecule has 4 N–H and O–H groups in total. The maximum atomic E-state index is 12.6. The van der Waals surface area contributed by atoms with Gasteiger partial charge in [-0.1, -0.05) is 34.6 Å². The number of morpholine rings is 1. The van der Waals surface area contributed by atoms with Gasteiger partial charge in [-0.3, -0.25) is 14.5 Å². The summed E-state index contributed by atoms with van der Waals surface area (Å²) in [6, 6.07) is -0.960. The van der Waals surface area contributed by atoms with Gasteiger partial charge in [0.1, 0.15) is 6.04 Å². The van der Waals surface area contributed by atoms with Gasteiger partial charge in [-0.25, -0.2) is 0 Å². The van der Waals surface area contributed by atoms with Gasteiger partial charge in [0.2, 0.25) is 0 Å². The third-order valence-corrected chi connectivity index (χ3v) is 16.4. The van der Waals surface area contributed by atoms with Crippen molar-refractivity contribution in [3.63, 3.8) is 0 Å². The Morgan fingerprint density at radius 1 is 1.04 bits per heavy atom. The summed E-state index contributed by atoms with van der Waals surface area (Å²) in [5.41, 5.74) is -1.47. The second kappa shape index (κ2) is 12.1. The molecule has 7 fully saturated rings. The van der Waals surface area contributed by atoms with Gasteiger partial charge in [-0.15, -0.1) is 0 Å². The van der Waals surface area contributed by atoms with E-state index in [-0.39, 0.29) is 51.1 Å². The van der Waals surface area contributed by atoms with Crippen LogP contribution in [0.25, 0.3) is 0 Å². The molecule has 15 unspecified atom stereocenters. The Kier molecular flexibility index (Phi) is 8.94. The number of aliphatic hydroxyl groups excluding tert-OH is 2. The van der Waals surface area contributed by atoms with Crippen LogP contribution in [0.5, 0.6) is 0 Å². The van der Waals surface area contributed by atoms with Gasteiger partial charge in [0.05, 0.1) is 49.8 Å². The SMILES string of the molecule is CC(=O)OC(C1CC(C)C2C(O1)C(O)C1(C)C3CCC4C(C)(C)C(OC5CN(C(CO)C(=O)O)CCO5)CCC45CC35CCC21C)C(C)(C)O. The largest absolute Gasteiger partial charge is 0.480 e. The highest BCUT2D eigenvalue weighted by atomic mass is 16.7. The molecule has 5 aliphatic carbocycles. The summed E-state index contributed by atoms with van der Waals surface area (Å²) < 4.78 is 25.3. The predicted molar refractivity (Wildman–Crippen MR) is 183 cm³/mol. The number of carboxylic acids is 1. The summed E-state index contributed by atoms with van der Waals surface area (Å²) >= 11 is 0. The molecule has 15 atom stereocenters. The molecular formula is C39H63NO10. The fraction of sp³-hybridized carbons (Fsp3) is 0.949. The molecule has 0 bridgehead atoms.